The van der Waals surface area contributed by atoms with Gasteiger partial charge in [-0.2, -0.15) is 0 Å². The van der Waals surface area contributed by atoms with Gasteiger partial charge >= 0.3 is 0 Å². The zero-order valence-electron chi connectivity index (χ0n) is 17.8. The van der Waals surface area contributed by atoms with E-state index in [9.17, 15) is 4.79 Å². The van der Waals surface area contributed by atoms with Crippen molar-refractivity contribution in [2.24, 2.45) is 0 Å². The molecule has 5 nitrogen and oxygen atoms in total. The lowest BCUT2D eigenvalue weighted by molar-refractivity contribution is -0.125. The first-order chi connectivity index (χ1) is 14.6. The Labute approximate surface area is 178 Å². The molecule has 5 heteroatoms. The Bertz CT molecular complexity index is 966. The van der Waals surface area contributed by atoms with Gasteiger partial charge in [0, 0.05) is 48.5 Å². The fourth-order valence-corrected chi connectivity index (χ4v) is 4.41. The summed E-state index contributed by atoms with van der Waals surface area (Å²) in [7, 11) is 0. The fourth-order valence-electron chi connectivity index (χ4n) is 4.41. The number of carbonyl (C=O) groups is 1. The van der Waals surface area contributed by atoms with Gasteiger partial charge in [-0.05, 0) is 48.9 Å². The lowest BCUT2D eigenvalue weighted by Crippen LogP contribution is -2.47. The quantitative estimate of drug-likeness (QED) is 0.757. The van der Waals surface area contributed by atoms with E-state index in [1.165, 1.54) is 28.0 Å². The second-order valence-corrected chi connectivity index (χ2v) is 8.10. The third-order valence-corrected chi connectivity index (χ3v) is 6.07. The molecule has 30 heavy (non-hydrogen) atoms. The van der Waals surface area contributed by atoms with Crippen molar-refractivity contribution in [2.45, 2.75) is 58.3 Å². The Morgan fingerprint density at radius 2 is 2.23 bits per heavy atom. The number of amides is 1. The van der Waals surface area contributed by atoms with Crippen molar-refractivity contribution < 1.29 is 4.79 Å². The molecule has 2 N–H and O–H groups in total. The van der Waals surface area contributed by atoms with Crippen molar-refractivity contribution in [1.82, 2.24) is 20.5 Å². The van der Waals surface area contributed by atoms with Crippen molar-refractivity contribution in [3.05, 3.63) is 83.3 Å². The van der Waals surface area contributed by atoms with Crippen LogP contribution in [0.5, 0.6) is 0 Å². The van der Waals surface area contributed by atoms with Crippen LogP contribution in [0.1, 0.15) is 61.4 Å². The van der Waals surface area contributed by atoms with Crippen LogP contribution in [0.3, 0.4) is 0 Å². The van der Waals surface area contributed by atoms with Gasteiger partial charge in [0.15, 0.2) is 0 Å². The maximum Gasteiger partial charge on any atom is 0.246 e. The second-order valence-electron chi connectivity index (χ2n) is 8.10. The standard InChI is InChI=1S/C25H30N4O/c1-4-7-23-21-10-5-8-20(15-27-18(3)19-9-6-13-26-14-19)22(21)16-29(23)24-12-11-17(2)28-25(24)30/h5-10,13-14,18,24,27H,2,4,11-12,15-16H2,1,3H3,(H,28,30)/b23-7+. The average Bonchev–Trinajstić information content (AvgIpc) is 3.12. The van der Waals surface area contributed by atoms with E-state index in [1.807, 2.05) is 12.3 Å². The molecule has 2 aliphatic heterocycles. The summed E-state index contributed by atoms with van der Waals surface area (Å²) in [6, 6.07) is 10.6. The predicted molar refractivity (Wildman–Crippen MR) is 120 cm³/mol. The van der Waals surface area contributed by atoms with Gasteiger partial charge in [-0.1, -0.05) is 43.8 Å². The molecule has 0 bridgehead atoms. The van der Waals surface area contributed by atoms with Crippen LogP contribution in [0.25, 0.3) is 5.70 Å². The molecule has 0 spiro atoms. The maximum absolute atomic E-state index is 12.7. The van der Waals surface area contributed by atoms with Gasteiger partial charge in [0.05, 0.1) is 0 Å². The van der Waals surface area contributed by atoms with Crippen LogP contribution in [0, 0.1) is 0 Å². The molecule has 2 aliphatic rings. The highest BCUT2D eigenvalue weighted by Crippen LogP contribution is 2.38. The number of allylic oxidation sites excluding steroid dienone is 2. The van der Waals surface area contributed by atoms with Crippen molar-refractivity contribution in [3.63, 3.8) is 0 Å². The molecule has 2 atom stereocenters. The Morgan fingerprint density at radius 1 is 1.37 bits per heavy atom. The number of rotatable bonds is 6. The molecule has 0 saturated carbocycles. The highest BCUT2D eigenvalue weighted by Gasteiger charge is 2.36. The number of nitrogens with one attached hydrogen (secondary N) is 2. The number of pyridine rings is 1. The normalized spacial score (nSPS) is 20.9. The summed E-state index contributed by atoms with van der Waals surface area (Å²) >= 11 is 0. The smallest absolute Gasteiger partial charge is 0.246 e. The zero-order chi connectivity index (χ0) is 21.1. The van der Waals surface area contributed by atoms with Gasteiger partial charge < -0.3 is 15.5 Å². The van der Waals surface area contributed by atoms with Crippen molar-refractivity contribution in [3.8, 4) is 0 Å². The van der Waals surface area contributed by atoms with E-state index in [-0.39, 0.29) is 18.0 Å². The van der Waals surface area contributed by atoms with Crippen LogP contribution in [0.15, 0.2) is 61.1 Å². The summed E-state index contributed by atoms with van der Waals surface area (Å²) in [5.41, 5.74) is 7.04. The molecule has 3 heterocycles. The van der Waals surface area contributed by atoms with Gasteiger partial charge in [0.2, 0.25) is 5.91 Å². The molecule has 2 aromatic rings. The zero-order valence-corrected chi connectivity index (χ0v) is 17.8. The van der Waals surface area contributed by atoms with E-state index < -0.39 is 0 Å². The van der Waals surface area contributed by atoms with E-state index in [0.29, 0.717) is 0 Å². The minimum absolute atomic E-state index is 0.0611. The highest BCUT2D eigenvalue weighted by molar-refractivity contribution is 5.87. The lowest BCUT2D eigenvalue weighted by Gasteiger charge is -2.33. The second kappa shape index (κ2) is 8.84. The van der Waals surface area contributed by atoms with Crippen molar-refractivity contribution in [2.75, 3.05) is 0 Å². The van der Waals surface area contributed by atoms with E-state index in [2.05, 4.69) is 71.3 Å². The first-order valence-electron chi connectivity index (χ1n) is 10.8. The van der Waals surface area contributed by atoms with Crippen LogP contribution in [-0.4, -0.2) is 21.8 Å². The molecule has 1 aromatic heterocycles. The van der Waals surface area contributed by atoms with E-state index in [4.69, 9.17) is 0 Å². The largest absolute Gasteiger partial charge is 0.355 e. The minimum atomic E-state index is -0.143. The molecule has 1 fully saturated rings. The summed E-state index contributed by atoms with van der Waals surface area (Å²) in [4.78, 5) is 19.2. The third kappa shape index (κ3) is 4.03. The number of hydrogen-bond acceptors (Lipinski definition) is 4. The van der Waals surface area contributed by atoms with E-state index in [0.717, 1.165) is 38.0 Å². The third-order valence-electron chi connectivity index (χ3n) is 6.07. The summed E-state index contributed by atoms with van der Waals surface area (Å²) in [5.74, 6) is 0.0611. The van der Waals surface area contributed by atoms with Gasteiger partial charge in [0.1, 0.15) is 6.04 Å². The van der Waals surface area contributed by atoms with E-state index >= 15 is 0 Å². The fraction of sp³-hybridized carbons (Fsp3) is 0.360. The molecule has 1 aromatic carbocycles. The average molecular weight is 403 g/mol. The Balaban J connectivity index is 1.56. The molecule has 2 unspecified atom stereocenters. The number of fused-ring (bicyclic) bond motifs is 1. The van der Waals surface area contributed by atoms with Crippen LogP contribution >= 0.6 is 0 Å². The number of aromatic nitrogens is 1. The summed E-state index contributed by atoms with van der Waals surface area (Å²) in [6.45, 7) is 9.78. The number of benzene rings is 1. The monoisotopic (exact) mass is 402 g/mol. The van der Waals surface area contributed by atoms with Crippen LogP contribution in [0.2, 0.25) is 0 Å². The van der Waals surface area contributed by atoms with Gasteiger partial charge in [-0.3, -0.25) is 9.78 Å². The Hall–Kier alpha value is -2.92. The molecule has 1 saturated heterocycles. The molecule has 156 valence electrons. The Kier molecular flexibility index (Phi) is 6.00. The SMILES string of the molecule is C=C1CCC(N2Cc3c(CNC(C)c4cccnc4)cccc3/C2=C\CC)C(=O)N1. The molecular weight excluding hydrogens is 372 g/mol. The van der Waals surface area contributed by atoms with Gasteiger partial charge in [-0.25, -0.2) is 0 Å². The van der Waals surface area contributed by atoms with Crippen LogP contribution in [-0.2, 0) is 17.9 Å². The number of carbonyl (C=O) groups excluding carboxylic acids is 1. The predicted octanol–water partition coefficient (Wildman–Crippen LogP) is 4.29. The summed E-state index contributed by atoms with van der Waals surface area (Å²) in [6.07, 6.45) is 8.54. The molecule has 4 rings (SSSR count). The van der Waals surface area contributed by atoms with Gasteiger partial charge in [-0.15, -0.1) is 0 Å². The molecule has 1 amide bonds. The van der Waals surface area contributed by atoms with Crippen molar-refractivity contribution >= 4 is 11.6 Å². The van der Waals surface area contributed by atoms with Crippen LogP contribution in [0.4, 0.5) is 0 Å². The first-order valence-corrected chi connectivity index (χ1v) is 10.8. The maximum atomic E-state index is 12.7. The first kappa shape index (κ1) is 20.4. The van der Waals surface area contributed by atoms with Gasteiger partial charge in [0.25, 0.3) is 0 Å². The van der Waals surface area contributed by atoms with E-state index in [1.54, 1.807) is 6.20 Å². The number of nitrogens with zero attached hydrogens (tertiary/aromatic N) is 2. The topological polar surface area (TPSA) is 57.3 Å². The summed E-state index contributed by atoms with van der Waals surface area (Å²) in [5, 5.41) is 6.58. The number of hydrogen-bond donors (Lipinski definition) is 2. The Morgan fingerprint density at radius 3 is 2.97 bits per heavy atom. The summed E-state index contributed by atoms with van der Waals surface area (Å²) < 4.78 is 0. The number of piperidine rings is 1. The molecule has 0 radical (unpaired) electrons. The highest BCUT2D eigenvalue weighted by atomic mass is 16.2. The van der Waals surface area contributed by atoms with Crippen LogP contribution < -0.4 is 10.6 Å². The molecular formula is C25H30N4O. The minimum Gasteiger partial charge on any atom is -0.355 e. The van der Waals surface area contributed by atoms with Crippen molar-refractivity contribution in [1.29, 1.82) is 0 Å². The molecule has 0 aliphatic carbocycles. The lowest BCUT2D eigenvalue weighted by atomic mass is 10.0.